The molecule has 0 bridgehead atoms. The minimum atomic E-state index is -4.96. The number of phosphoric acid groups is 2. The van der Waals surface area contributed by atoms with E-state index in [9.17, 15) is 43.2 Å². The smallest absolute Gasteiger partial charge is 0.462 e. The lowest BCUT2D eigenvalue weighted by molar-refractivity contribution is -0.161. The van der Waals surface area contributed by atoms with Gasteiger partial charge in [0.25, 0.3) is 0 Å². The second-order valence-electron chi connectivity index (χ2n) is 30.8. The first-order valence-electron chi connectivity index (χ1n) is 42.9. The fourth-order valence-corrected chi connectivity index (χ4v) is 14.4. The van der Waals surface area contributed by atoms with Gasteiger partial charge >= 0.3 is 39.5 Å². The highest BCUT2D eigenvalue weighted by atomic mass is 31.2. The Kier molecular flexibility index (Phi) is 71.8. The van der Waals surface area contributed by atoms with E-state index < -0.39 is 97.5 Å². The van der Waals surface area contributed by atoms with E-state index in [0.29, 0.717) is 31.6 Å². The standard InChI is InChI=1S/C83H162O17P2/c1-8-11-12-13-14-15-16-17-18-19-20-21-22-23-24-25-30-33-36-44-52-59-66-82(87)99-78(70-93-80(85)64-57-50-43-35-32-29-27-26-28-31-34-41-48-55-62-75(6)9-2)72-97-101(89,90)95-68-77(84)69-96-102(91,92)98-73-79(71-94-81(86)65-58-51-46-39-40-47-54-61-74(4)5)100-83(88)67-60-53-45-38-37-42-49-56-63-76(7)10-3/h74-79,84H,8-73H2,1-7H3,(H,89,90)(H,91,92)/t75?,76?,77-,78-,79-/m1/s1. The van der Waals surface area contributed by atoms with Gasteiger partial charge in [-0.1, -0.05) is 382 Å². The summed E-state index contributed by atoms with van der Waals surface area (Å²) in [5.41, 5.74) is 0. The summed E-state index contributed by atoms with van der Waals surface area (Å²) in [6.45, 7) is 11.9. The summed E-state index contributed by atoms with van der Waals surface area (Å²) < 4.78 is 68.7. The van der Waals surface area contributed by atoms with E-state index in [2.05, 4.69) is 48.5 Å². The fourth-order valence-electron chi connectivity index (χ4n) is 12.8. The molecule has 0 spiro atoms. The van der Waals surface area contributed by atoms with Gasteiger partial charge in [-0.05, 0) is 43.4 Å². The molecule has 4 unspecified atom stereocenters. The molecule has 0 aromatic carbocycles. The molecule has 606 valence electrons. The summed E-state index contributed by atoms with van der Waals surface area (Å²) in [6, 6.07) is 0. The Labute approximate surface area is 626 Å². The molecule has 0 radical (unpaired) electrons. The molecule has 0 aliphatic heterocycles. The van der Waals surface area contributed by atoms with Gasteiger partial charge in [0.05, 0.1) is 26.4 Å². The lowest BCUT2D eigenvalue weighted by Crippen LogP contribution is -2.30. The molecule has 0 aliphatic carbocycles. The molecule has 19 heteroatoms. The Morgan fingerprint density at radius 2 is 0.500 bits per heavy atom. The van der Waals surface area contributed by atoms with Crippen molar-refractivity contribution in [1.82, 2.24) is 0 Å². The Morgan fingerprint density at radius 3 is 0.745 bits per heavy atom. The fraction of sp³-hybridized carbons (Fsp3) is 0.952. The Balaban J connectivity index is 5.21. The molecule has 0 fully saturated rings. The van der Waals surface area contributed by atoms with Gasteiger partial charge in [-0.15, -0.1) is 0 Å². The predicted octanol–water partition coefficient (Wildman–Crippen LogP) is 24.9. The maximum absolute atomic E-state index is 13.1. The van der Waals surface area contributed by atoms with Gasteiger partial charge < -0.3 is 33.8 Å². The van der Waals surface area contributed by atoms with Crippen LogP contribution in [0.1, 0.15) is 434 Å². The van der Waals surface area contributed by atoms with Crippen LogP contribution in [0.25, 0.3) is 0 Å². The van der Waals surface area contributed by atoms with Crippen LogP contribution in [0, 0.1) is 17.8 Å². The lowest BCUT2D eigenvalue weighted by atomic mass is 9.99. The average molecular weight is 1490 g/mol. The molecule has 0 aromatic heterocycles. The Hall–Kier alpha value is -1.94. The van der Waals surface area contributed by atoms with Crippen molar-refractivity contribution in [1.29, 1.82) is 0 Å². The van der Waals surface area contributed by atoms with E-state index in [0.717, 1.165) is 108 Å². The molecule has 0 aliphatic rings. The number of rotatable bonds is 81. The molecule has 0 saturated heterocycles. The van der Waals surface area contributed by atoms with E-state index in [4.69, 9.17) is 37.0 Å². The van der Waals surface area contributed by atoms with Gasteiger partial charge in [-0.3, -0.25) is 37.3 Å². The van der Waals surface area contributed by atoms with Crippen molar-refractivity contribution in [3.8, 4) is 0 Å². The maximum atomic E-state index is 13.1. The molecule has 7 atom stereocenters. The largest absolute Gasteiger partial charge is 0.472 e. The molecule has 0 amide bonds. The quantitative estimate of drug-likeness (QED) is 0.0222. The first-order chi connectivity index (χ1) is 49.3. The molecular formula is C83H162O17P2. The zero-order valence-electron chi connectivity index (χ0n) is 67.1. The van der Waals surface area contributed by atoms with Crippen LogP contribution in [0.2, 0.25) is 0 Å². The van der Waals surface area contributed by atoms with Crippen LogP contribution in [0.15, 0.2) is 0 Å². The van der Waals surface area contributed by atoms with Crippen molar-refractivity contribution >= 4 is 39.5 Å². The third-order valence-corrected chi connectivity index (χ3v) is 22.0. The topological polar surface area (TPSA) is 237 Å². The highest BCUT2D eigenvalue weighted by Gasteiger charge is 2.30. The summed E-state index contributed by atoms with van der Waals surface area (Å²) in [6.07, 6.45) is 62.6. The number of unbranched alkanes of at least 4 members (excludes halogenated alkanes) is 47. The number of hydrogen-bond acceptors (Lipinski definition) is 15. The van der Waals surface area contributed by atoms with Crippen molar-refractivity contribution in [2.75, 3.05) is 39.6 Å². The van der Waals surface area contributed by atoms with Gasteiger partial charge in [-0.2, -0.15) is 0 Å². The number of ether oxygens (including phenoxy) is 4. The molecule has 0 saturated carbocycles. The molecule has 0 aromatic rings. The molecule has 17 nitrogen and oxygen atoms in total. The van der Waals surface area contributed by atoms with Gasteiger partial charge in [0.2, 0.25) is 0 Å². The van der Waals surface area contributed by atoms with Crippen molar-refractivity contribution in [3.05, 3.63) is 0 Å². The molecule has 0 heterocycles. The van der Waals surface area contributed by atoms with Crippen molar-refractivity contribution in [3.63, 3.8) is 0 Å². The van der Waals surface area contributed by atoms with Gasteiger partial charge in [0.1, 0.15) is 19.3 Å². The van der Waals surface area contributed by atoms with Gasteiger partial charge in [-0.25, -0.2) is 9.13 Å². The van der Waals surface area contributed by atoms with E-state index in [1.807, 2.05) is 0 Å². The normalized spacial score (nSPS) is 14.5. The van der Waals surface area contributed by atoms with Crippen molar-refractivity contribution < 1.29 is 80.2 Å². The predicted molar refractivity (Wildman–Crippen MR) is 418 cm³/mol. The molecular weight excluding hydrogens is 1330 g/mol. The van der Waals surface area contributed by atoms with E-state index in [-0.39, 0.29) is 25.7 Å². The molecule has 0 rings (SSSR count). The van der Waals surface area contributed by atoms with Crippen molar-refractivity contribution in [2.24, 2.45) is 17.8 Å². The highest BCUT2D eigenvalue weighted by molar-refractivity contribution is 7.47. The summed E-state index contributed by atoms with van der Waals surface area (Å²) in [7, 11) is -9.92. The van der Waals surface area contributed by atoms with Crippen LogP contribution in [0.4, 0.5) is 0 Å². The number of carbonyl (C=O) groups excluding carboxylic acids is 4. The van der Waals surface area contributed by atoms with Crippen LogP contribution < -0.4 is 0 Å². The number of carbonyl (C=O) groups is 4. The van der Waals surface area contributed by atoms with Crippen LogP contribution in [-0.4, -0.2) is 96.7 Å². The number of aliphatic hydroxyl groups is 1. The SMILES string of the molecule is CCCCCCCCCCCCCCCCCCCCCCCCC(=O)O[C@H](COC(=O)CCCCCCCCCCCCCCCCC(C)CC)COP(=O)(O)OC[C@@H](O)COP(=O)(O)OC[C@@H](COC(=O)CCCCCCCCCC(C)C)OC(=O)CCCCCCCCCCC(C)CC. The third kappa shape index (κ3) is 73.6. The zero-order valence-corrected chi connectivity index (χ0v) is 68.9. The highest BCUT2D eigenvalue weighted by Crippen LogP contribution is 2.45. The van der Waals surface area contributed by atoms with E-state index in [1.54, 1.807) is 0 Å². The summed E-state index contributed by atoms with van der Waals surface area (Å²) in [5.74, 6) is 0.211. The first-order valence-corrected chi connectivity index (χ1v) is 45.9. The maximum Gasteiger partial charge on any atom is 0.472 e. The average Bonchev–Trinajstić information content (AvgIpc) is 0.910. The van der Waals surface area contributed by atoms with Crippen LogP contribution in [-0.2, 0) is 65.4 Å². The minimum Gasteiger partial charge on any atom is -0.462 e. The van der Waals surface area contributed by atoms with Gasteiger partial charge in [0.15, 0.2) is 12.2 Å². The van der Waals surface area contributed by atoms with Crippen LogP contribution >= 0.6 is 15.6 Å². The first kappa shape index (κ1) is 100. The second-order valence-corrected chi connectivity index (χ2v) is 33.7. The summed E-state index contributed by atoms with van der Waals surface area (Å²) in [5, 5.41) is 10.6. The zero-order chi connectivity index (χ0) is 75.1. The summed E-state index contributed by atoms with van der Waals surface area (Å²) in [4.78, 5) is 73.0. The number of hydrogen-bond donors (Lipinski definition) is 3. The Bertz CT molecular complexity index is 1980. The monoisotopic (exact) mass is 1490 g/mol. The Morgan fingerprint density at radius 1 is 0.284 bits per heavy atom. The number of esters is 4. The van der Waals surface area contributed by atoms with Crippen molar-refractivity contribution in [2.45, 2.75) is 452 Å². The van der Waals surface area contributed by atoms with Crippen LogP contribution in [0.3, 0.4) is 0 Å². The summed E-state index contributed by atoms with van der Waals surface area (Å²) >= 11 is 0. The van der Waals surface area contributed by atoms with E-state index >= 15 is 0 Å². The van der Waals surface area contributed by atoms with Gasteiger partial charge in [0, 0.05) is 25.7 Å². The number of aliphatic hydroxyl groups excluding tert-OH is 1. The second kappa shape index (κ2) is 73.2. The molecule has 3 N–H and O–H groups in total. The molecule has 102 heavy (non-hydrogen) atoms. The van der Waals surface area contributed by atoms with Crippen LogP contribution in [0.5, 0.6) is 0 Å². The van der Waals surface area contributed by atoms with E-state index in [1.165, 1.54) is 238 Å². The number of phosphoric ester groups is 2. The lowest BCUT2D eigenvalue weighted by Gasteiger charge is -2.21. The minimum absolute atomic E-state index is 0.104. The third-order valence-electron chi connectivity index (χ3n) is 20.1.